The lowest BCUT2D eigenvalue weighted by Gasteiger charge is -2.18. The van der Waals surface area contributed by atoms with Gasteiger partial charge in [-0.15, -0.1) is 0 Å². The number of allylic oxidation sites excluding steroid dienone is 20. The number of carbonyl (C=O) groups is 3. The van der Waals surface area contributed by atoms with E-state index in [4.69, 9.17) is 14.2 Å². The summed E-state index contributed by atoms with van der Waals surface area (Å²) in [7, 11) is 0. The third kappa shape index (κ3) is 50.7. The highest BCUT2D eigenvalue weighted by molar-refractivity contribution is 5.71. The van der Waals surface area contributed by atoms with Crippen molar-refractivity contribution in [3.05, 3.63) is 122 Å². The highest BCUT2D eigenvalue weighted by Gasteiger charge is 2.19. The summed E-state index contributed by atoms with van der Waals surface area (Å²) in [4.78, 5) is 38.0. The normalized spacial score (nSPS) is 13.1. The highest BCUT2D eigenvalue weighted by atomic mass is 16.6. The van der Waals surface area contributed by atoms with E-state index in [1.54, 1.807) is 0 Å². The van der Waals surface area contributed by atoms with Crippen LogP contribution in [0.4, 0.5) is 0 Å². The molecule has 0 aliphatic carbocycles. The fourth-order valence-electron chi connectivity index (χ4n) is 6.68. The molecule has 6 nitrogen and oxygen atoms in total. The second-order valence-electron chi connectivity index (χ2n) is 16.9. The van der Waals surface area contributed by atoms with E-state index < -0.39 is 6.10 Å². The maximum atomic E-state index is 12.8. The largest absolute Gasteiger partial charge is 0.462 e. The average Bonchev–Trinajstić information content (AvgIpc) is 3.30. The molecule has 1 unspecified atom stereocenters. The van der Waals surface area contributed by atoms with Crippen molar-refractivity contribution < 1.29 is 28.6 Å². The molecule has 0 aromatic carbocycles. The quantitative estimate of drug-likeness (QED) is 0.0262. The summed E-state index contributed by atoms with van der Waals surface area (Å²) in [5.74, 6) is -0.994. The van der Waals surface area contributed by atoms with Crippen molar-refractivity contribution in [2.24, 2.45) is 0 Å². The van der Waals surface area contributed by atoms with Crippen molar-refractivity contribution in [3.8, 4) is 0 Å². The van der Waals surface area contributed by atoms with Gasteiger partial charge < -0.3 is 14.2 Å². The third-order valence-electron chi connectivity index (χ3n) is 10.6. The molecule has 65 heavy (non-hydrogen) atoms. The SMILES string of the molecule is CC\C=C/C=C\C=C/C=C\C=C\C=C/CCCCCC(=O)OC(COC(=O)CCCCC/C=C\C=C/CCCC)COC(=O)CCCCCCCCCCCC/C=C\C=C/CCCCC. The van der Waals surface area contributed by atoms with Crippen LogP contribution in [0, 0.1) is 0 Å². The van der Waals surface area contributed by atoms with Crippen LogP contribution in [0.2, 0.25) is 0 Å². The molecule has 0 saturated carbocycles. The number of hydrogen-bond donors (Lipinski definition) is 0. The van der Waals surface area contributed by atoms with Crippen LogP contribution in [0.3, 0.4) is 0 Å². The minimum Gasteiger partial charge on any atom is -0.462 e. The van der Waals surface area contributed by atoms with E-state index in [-0.39, 0.29) is 37.5 Å². The van der Waals surface area contributed by atoms with Gasteiger partial charge in [-0.3, -0.25) is 14.4 Å². The summed E-state index contributed by atoms with van der Waals surface area (Å²) in [6.07, 6.45) is 71.8. The first-order valence-electron chi connectivity index (χ1n) is 26.2. The Bertz CT molecular complexity index is 1400. The Morgan fingerprint density at radius 1 is 0.323 bits per heavy atom. The minimum atomic E-state index is -0.816. The summed E-state index contributed by atoms with van der Waals surface area (Å²) < 4.78 is 16.7. The predicted molar refractivity (Wildman–Crippen MR) is 279 cm³/mol. The molecule has 0 amide bonds. The van der Waals surface area contributed by atoms with Gasteiger partial charge in [0.05, 0.1) is 0 Å². The van der Waals surface area contributed by atoms with Gasteiger partial charge in [0.15, 0.2) is 6.10 Å². The first-order chi connectivity index (χ1) is 32.0. The molecule has 0 N–H and O–H groups in total. The van der Waals surface area contributed by atoms with Gasteiger partial charge in [0.1, 0.15) is 13.2 Å². The molecule has 0 fully saturated rings. The molecular weight excluding hydrogens is 805 g/mol. The van der Waals surface area contributed by atoms with Crippen molar-refractivity contribution in [3.63, 3.8) is 0 Å². The summed E-state index contributed by atoms with van der Waals surface area (Å²) in [5, 5.41) is 0. The zero-order valence-corrected chi connectivity index (χ0v) is 41.7. The van der Waals surface area contributed by atoms with E-state index in [1.165, 1.54) is 89.9 Å². The van der Waals surface area contributed by atoms with Crippen molar-refractivity contribution in [2.75, 3.05) is 13.2 Å². The maximum Gasteiger partial charge on any atom is 0.306 e. The predicted octanol–water partition coefficient (Wildman–Crippen LogP) is 17.3. The van der Waals surface area contributed by atoms with Gasteiger partial charge in [-0.05, 0) is 83.5 Å². The second-order valence-corrected chi connectivity index (χ2v) is 16.9. The van der Waals surface area contributed by atoms with E-state index in [9.17, 15) is 14.4 Å². The molecule has 0 aliphatic heterocycles. The van der Waals surface area contributed by atoms with E-state index in [0.29, 0.717) is 19.3 Å². The lowest BCUT2D eigenvalue weighted by atomic mass is 10.1. The average molecular weight is 899 g/mol. The van der Waals surface area contributed by atoms with Crippen molar-refractivity contribution >= 4 is 17.9 Å². The van der Waals surface area contributed by atoms with Gasteiger partial charge in [-0.1, -0.05) is 232 Å². The van der Waals surface area contributed by atoms with Crippen LogP contribution in [-0.4, -0.2) is 37.2 Å². The third-order valence-corrected chi connectivity index (χ3v) is 10.6. The molecule has 0 bridgehead atoms. The summed E-state index contributed by atoms with van der Waals surface area (Å²) in [5.41, 5.74) is 0. The van der Waals surface area contributed by atoms with Crippen molar-refractivity contribution in [2.45, 2.75) is 219 Å². The van der Waals surface area contributed by atoms with Crippen LogP contribution < -0.4 is 0 Å². The Hall–Kier alpha value is -4.19. The Morgan fingerprint density at radius 2 is 0.615 bits per heavy atom. The van der Waals surface area contributed by atoms with Crippen LogP contribution in [0.1, 0.15) is 213 Å². The number of esters is 3. The number of rotatable bonds is 45. The lowest BCUT2D eigenvalue weighted by Crippen LogP contribution is -2.30. The molecule has 0 radical (unpaired) electrons. The number of unbranched alkanes of at least 4 members (excludes halogenated alkanes) is 21. The van der Waals surface area contributed by atoms with E-state index in [0.717, 1.165) is 77.0 Å². The van der Waals surface area contributed by atoms with Crippen LogP contribution in [0.5, 0.6) is 0 Å². The summed E-state index contributed by atoms with van der Waals surface area (Å²) >= 11 is 0. The number of hydrogen-bond acceptors (Lipinski definition) is 6. The van der Waals surface area contributed by atoms with Crippen molar-refractivity contribution in [1.82, 2.24) is 0 Å². The molecule has 366 valence electrons. The highest BCUT2D eigenvalue weighted by Crippen LogP contribution is 2.14. The molecule has 0 spiro atoms. The summed E-state index contributed by atoms with van der Waals surface area (Å²) in [6.45, 7) is 6.33. The van der Waals surface area contributed by atoms with Gasteiger partial charge >= 0.3 is 17.9 Å². The van der Waals surface area contributed by atoms with Gasteiger partial charge in [-0.25, -0.2) is 0 Å². The minimum absolute atomic E-state index is 0.110. The Balaban J connectivity index is 4.49. The smallest absolute Gasteiger partial charge is 0.306 e. The molecule has 0 aromatic heterocycles. The molecule has 1 atom stereocenters. The zero-order valence-electron chi connectivity index (χ0n) is 41.7. The van der Waals surface area contributed by atoms with Gasteiger partial charge in [-0.2, -0.15) is 0 Å². The maximum absolute atomic E-state index is 12.8. The molecular formula is C59H94O6. The van der Waals surface area contributed by atoms with Gasteiger partial charge in [0.2, 0.25) is 0 Å². The zero-order chi connectivity index (χ0) is 47.2. The van der Waals surface area contributed by atoms with Crippen LogP contribution >= 0.6 is 0 Å². The van der Waals surface area contributed by atoms with Gasteiger partial charge in [0, 0.05) is 19.3 Å². The number of carbonyl (C=O) groups excluding carboxylic acids is 3. The van der Waals surface area contributed by atoms with E-state index in [2.05, 4.69) is 81.5 Å². The fourth-order valence-corrected chi connectivity index (χ4v) is 6.68. The fraction of sp³-hybridized carbons (Fsp3) is 0.610. The van der Waals surface area contributed by atoms with Crippen LogP contribution in [0.15, 0.2) is 122 Å². The lowest BCUT2D eigenvalue weighted by molar-refractivity contribution is -0.167. The second kappa shape index (κ2) is 52.4. The monoisotopic (exact) mass is 899 g/mol. The van der Waals surface area contributed by atoms with Gasteiger partial charge in [0.25, 0.3) is 0 Å². The molecule has 0 aliphatic rings. The Morgan fingerprint density at radius 3 is 1.02 bits per heavy atom. The van der Waals surface area contributed by atoms with Crippen molar-refractivity contribution in [1.29, 1.82) is 0 Å². The molecule has 0 aromatic rings. The standard InChI is InChI=1S/C59H94O6/c1-4-7-10-13-16-19-22-24-26-28-29-31-32-34-37-40-43-46-49-52-58(61)64-55-56(54-63-57(60)51-48-45-42-39-36-21-18-15-12-9-6-3)65-59(62)53-50-47-44-41-38-35-33-30-27-25-23-20-17-14-11-8-5-2/h8,11,14-25,27,30,33,35-36,38,56H,4-7,9-10,12-13,26,28-29,31-32,34,37,39-55H2,1-3H3/b11-8-,17-14-,18-15-,19-16-,23-20-,24-22-,27-25-,33-30+,36-21-,38-35-. The van der Waals surface area contributed by atoms with Crippen LogP contribution in [0.25, 0.3) is 0 Å². The Labute approximate surface area is 399 Å². The molecule has 0 rings (SSSR count). The molecule has 0 heterocycles. The molecule has 0 saturated heterocycles. The Kier molecular flexibility index (Phi) is 49.1. The van der Waals surface area contributed by atoms with E-state index in [1.807, 2.05) is 60.8 Å². The number of ether oxygens (including phenoxy) is 3. The first-order valence-corrected chi connectivity index (χ1v) is 26.2. The van der Waals surface area contributed by atoms with E-state index >= 15 is 0 Å². The first kappa shape index (κ1) is 60.8. The van der Waals surface area contributed by atoms with Crippen LogP contribution in [-0.2, 0) is 28.6 Å². The molecule has 6 heteroatoms. The summed E-state index contributed by atoms with van der Waals surface area (Å²) in [6, 6.07) is 0. The topological polar surface area (TPSA) is 78.9 Å².